The van der Waals surface area contributed by atoms with Crippen LogP contribution < -0.4 is 31.6 Å². The van der Waals surface area contributed by atoms with Gasteiger partial charge in [-0.05, 0) is 121 Å². The van der Waals surface area contributed by atoms with Crippen molar-refractivity contribution in [2.24, 2.45) is 17.9 Å². The van der Waals surface area contributed by atoms with Crippen LogP contribution >= 0.6 is 0 Å². The van der Waals surface area contributed by atoms with Crippen LogP contribution in [0.2, 0.25) is 0 Å². The molecule has 4 heterocycles. The topological polar surface area (TPSA) is 221 Å². The smallest absolute Gasteiger partial charge is 0.293 e. The van der Waals surface area contributed by atoms with Gasteiger partial charge in [0.2, 0.25) is 11.8 Å². The van der Waals surface area contributed by atoms with E-state index in [1.54, 1.807) is 43.6 Å². The molecule has 1 aromatic heterocycles. The quantitative estimate of drug-likeness (QED) is 0.0623. The number of imide groups is 2. The minimum atomic E-state index is -1.11. The fraction of sp³-hybridized carbons (Fsp3) is 0.417. The molecule has 410 valence electrons. The maximum atomic E-state index is 13.7. The molecule has 3 aliphatic heterocycles. The summed E-state index contributed by atoms with van der Waals surface area (Å²) in [6, 6.07) is 23.7. The molecule has 18 nitrogen and oxygen atoms in total. The summed E-state index contributed by atoms with van der Waals surface area (Å²) in [5, 5.41) is 11.3. The van der Waals surface area contributed by atoms with E-state index in [1.807, 2.05) is 54.3 Å². The van der Waals surface area contributed by atoms with Crippen molar-refractivity contribution in [1.82, 2.24) is 34.9 Å². The highest BCUT2D eigenvalue weighted by Crippen LogP contribution is 2.39. The van der Waals surface area contributed by atoms with Crippen LogP contribution in [0.15, 0.2) is 95.9 Å². The summed E-state index contributed by atoms with van der Waals surface area (Å²) in [6.07, 6.45) is 4.28. The molecule has 0 radical (unpaired) electrons. The van der Waals surface area contributed by atoms with Gasteiger partial charge in [-0.25, -0.2) is 4.98 Å². The van der Waals surface area contributed by atoms with Crippen molar-refractivity contribution in [2.45, 2.75) is 99.0 Å². The van der Waals surface area contributed by atoms with Gasteiger partial charge in [0.15, 0.2) is 12.4 Å². The molecule has 0 bridgehead atoms. The van der Waals surface area contributed by atoms with Crippen molar-refractivity contribution >= 4 is 58.5 Å². The Kier molecular flexibility index (Phi) is 16.5. The Hall–Kier alpha value is -7.99. The van der Waals surface area contributed by atoms with Crippen LogP contribution in [-0.2, 0) is 26.8 Å². The molecule has 0 aliphatic carbocycles. The van der Waals surface area contributed by atoms with E-state index in [-0.39, 0.29) is 81.7 Å². The number of piperazine rings is 1. The zero-order valence-electron chi connectivity index (χ0n) is 46.1. The first kappa shape index (κ1) is 56.2. The van der Waals surface area contributed by atoms with Crippen LogP contribution in [0.1, 0.15) is 133 Å². The summed E-state index contributed by atoms with van der Waals surface area (Å²) in [4.78, 5) is 114. The first-order valence-electron chi connectivity index (χ1n) is 26.6. The number of fused-ring (bicyclic) bond motifs is 1. The van der Waals surface area contributed by atoms with Crippen molar-refractivity contribution in [2.75, 3.05) is 56.5 Å². The van der Waals surface area contributed by atoms with Crippen molar-refractivity contribution in [3.63, 3.8) is 0 Å². The number of ether oxygens (including phenoxy) is 1. The second kappa shape index (κ2) is 22.9. The first-order valence-corrected chi connectivity index (χ1v) is 26.6. The molecule has 78 heavy (non-hydrogen) atoms. The number of piperidine rings is 1. The van der Waals surface area contributed by atoms with E-state index in [4.69, 9.17) is 9.72 Å². The number of benzene rings is 4. The summed E-state index contributed by atoms with van der Waals surface area (Å²) in [6.45, 7) is 20.8. The number of carbonyl (C=O) groups is 7. The molecular formula is C60H71N9O9. The van der Waals surface area contributed by atoms with Crippen molar-refractivity contribution in [3.05, 3.63) is 135 Å². The average molecular weight is 1060 g/mol. The normalized spacial score (nSPS) is 16.2. The molecule has 5 aromatic rings. The molecule has 8 rings (SSSR count). The number of hydrogen-bond acceptors (Lipinski definition) is 12. The van der Waals surface area contributed by atoms with Crippen LogP contribution in [0.25, 0.3) is 11.3 Å². The van der Waals surface area contributed by atoms with E-state index < -0.39 is 29.7 Å². The second-order valence-electron chi connectivity index (χ2n) is 23.3. The Morgan fingerprint density at radius 1 is 0.769 bits per heavy atom. The standard InChI is InChI=1S/C60H71N9O9/c1-37-42(12-10-14-44(37)64-52(72)38-16-20-40(21-17-38)58(2,3)4)45-34-66(9)57(77)51(63-45)62-41-22-18-39(19-23-41)54(74)68-32-30-67(31-33-68)29-27-60(7,8)36-59(5,6)26-28-61-49(71)35-78-47-15-11-13-43-50(47)56(76)69(55(43)75)46-24-25-48(70)65-53(46)73/h10-23,34,46H,24-33,35-36H2,1-9H3,(H,61,71)(H,62,63)(H,64,72)(H,65,70,73). The van der Waals surface area contributed by atoms with E-state index >= 15 is 0 Å². The molecule has 0 spiro atoms. The number of anilines is 3. The van der Waals surface area contributed by atoms with Gasteiger partial charge in [-0.2, -0.15) is 0 Å². The highest BCUT2D eigenvalue weighted by molar-refractivity contribution is 6.24. The highest BCUT2D eigenvalue weighted by Gasteiger charge is 2.46. The number of rotatable bonds is 18. The molecule has 1 unspecified atom stereocenters. The van der Waals surface area contributed by atoms with E-state index in [1.165, 1.54) is 16.7 Å². The third-order valence-corrected chi connectivity index (χ3v) is 15.0. The van der Waals surface area contributed by atoms with E-state index in [0.717, 1.165) is 54.1 Å². The van der Waals surface area contributed by atoms with Gasteiger partial charge < -0.3 is 30.2 Å². The van der Waals surface area contributed by atoms with E-state index in [9.17, 15) is 38.4 Å². The summed E-state index contributed by atoms with van der Waals surface area (Å²) >= 11 is 0. The molecule has 1 atom stereocenters. The summed E-state index contributed by atoms with van der Waals surface area (Å²) < 4.78 is 7.23. The SMILES string of the molecule is Cc1c(NC(=O)c2ccc(C(C)(C)C)cc2)cccc1-c1cn(C)c(=O)c(Nc2ccc(C(=O)N3CCN(CCC(C)(C)CC(C)(C)CCNC(=O)COc4cccc5c4C(=O)N(C4CCC(=O)NC4=O)C5=O)CC3)cc2)n1. The fourth-order valence-electron chi connectivity index (χ4n) is 10.6. The van der Waals surface area contributed by atoms with E-state index in [0.29, 0.717) is 54.3 Å². The van der Waals surface area contributed by atoms with Crippen LogP contribution in [0.4, 0.5) is 17.2 Å². The minimum Gasteiger partial charge on any atom is -0.483 e. The maximum Gasteiger partial charge on any atom is 0.293 e. The van der Waals surface area contributed by atoms with Crippen molar-refractivity contribution < 1.29 is 38.3 Å². The first-order chi connectivity index (χ1) is 36.9. The number of amides is 7. The van der Waals surface area contributed by atoms with Gasteiger partial charge in [0.05, 0.1) is 16.8 Å². The maximum absolute atomic E-state index is 13.7. The number of nitrogens with one attached hydrogen (secondary N) is 4. The lowest BCUT2D eigenvalue weighted by atomic mass is 9.72. The lowest BCUT2D eigenvalue weighted by molar-refractivity contribution is -0.136. The Morgan fingerprint density at radius 2 is 1.42 bits per heavy atom. The predicted molar refractivity (Wildman–Crippen MR) is 298 cm³/mol. The van der Waals surface area contributed by atoms with Gasteiger partial charge in [-0.1, -0.05) is 78.8 Å². The minimum absolute atomic E-state index is 0.00727. The Labute approximate surface area is 455 Å². The van der Waals surface area contributed by atoms with Gasteiger partial charge in [-0.3, -0.25) is 53.5 Å². The molecule has 3 aliphatic rings. The third-order valence-electron chi connectivity index (χ3n) is 15.0. The molecule has 7 amide bonds. The number of aryl methyl sites for hydroxylation is 1. The summed E-state index contributed by atoms with van der Waals surface area (Å²) in [7, 11) is 1.66. The van der Waals surface area contributed by atoms with Crippen LogP contribution in [0.3, 0.4) is 0 Å². The molecule has 4 aromatic carbocycles. The molecule has 0 saturated carbocycles. The zero-order chi connectivity index (χ0) is 56.3. The number of carbonyl (C=O) groups excluding carboxylic acids is 7. The van der Waals surface area contributed by atoms with Gasteiger partial charge in [0, 0.05) is 80.5 Å². The number of hydrogen-bond donors (Lipinski definition) is 4. The molecule has 2 saturated heterocycles. The second-order valence-corrected chi connectivity index (χ2v) is 23.3. The number of nitrogens with zero attached hydrogens (tertiary/aromatic N) is 5. The summed E-state index contributed by atoms with van der Waals surface area (Å²) in [5.41, 5.74) is 5.16. The van der Waals surface area contributed by atoms with Gasteiger partial charge in [-0.15, -0.1) is 0 Å². The van der Waals surface area contributed by atoms with Crippen LogP contribution in [0, 0.1) is 17.8 Å². The largest absolute Gasteiger partial charge is 0.483 e. The van der Waals surface area contributed by atoms with Crippen molar-refractivity contribution in [1.29, 1.82) is 0 Å². The van der Waals surface area contributed by atoms with Crippen molar-refractivity contribution in [3.8, 4) is 17.0 Å². The van der Waals surface area contributed by atoms with Crippen LogP contribution in [0.5, 0.6) is 5.75 Å². The predicted octanol–water partition coefficient (Wildman–Crippen LogP) is 7.63. The summed E-state index contributed by atoms with van der Waals surface area (Å²) in [5.74, 6) is -3.00. The Morgan fingerprint density at radius 3 is 2.10 bits per heavy atom. The average Bonchev–Trinajstić information content (AvgIpc) is 3.83. The molecule has 4 N–H and O–H groups in total. The third kappa shape index (κ3) is 13.0. The van der Waals surface area contributed by atoms with E-state index in [2.05, 4.69) is 74.6 Å². The molecule has 18 heteroatoms. The van der Waals surface area contributed by atoms with Crippen LogP contribution in [-0.4, -0.2) is 118 Å². The lowest BCUT2D eigenvalue weighted by Crippen LogP contribution is -2.54. The fourth-order valence-corrected chi connectivity index (χ4v) is 10.6. The molecule has 2 fully saturated rings. The van der Waals surface area contributed by atoms with Gasteiger partial charge in [0.25, 0.3) is 35.1 Å². The zero-order valence-corrected chi connectivity index (χ0v) is 46.1. The number of aromatic nitrogens is 2. The molecular weight excluding hydrogens is 991 g/mol. The van der Waals surface area contributed by atoms with Gasteiger partial charge in [0.1, 0.15) is 11.8 Å². The Bertz CT molecular complexity index is 3200. The van der Waals surface area contributed by atoms with Gasteiger partial charge >= 0.3 is 0 Å². The highest BCUT2D eigenvalue weighted by atomic mass is 16.5. The lowest BCUT2D eigenvalue weighted by Gasteiger charge is -2.39. The Balaban J connectivity index is 0.768. The monoisotopic (exact) mass is 1060 g/mol.